The van der Waals surface area contributed by atoms with Crippen molar-refractivity contribution in [2.45, 2.75) is 44.8 Å². The van der Waals surface area contributed by atoms with Gasteiger partial charge in [0.05, 0.1) is 6.10 Å². The molecular weight excluding hydrogens is 394 g/mol. The van der Waals surface area contributed by atoms with Crippen molar-refractivity contribution in [3.05, 3.63) is 54.2 Å². The average Bonchev–Trinajstić information content (AvgIpc) is 3.45. The van der Waals surface area contributed by atoms with Gasteiger partial charge in [0.15, 0.2) is 11.5 Å². The van der Waals surface area contributed by atoms with Crippen LogP contribution >= 0.6 is 0 Å². The molecule has 5 rings (SSSR count). The minimum atomic E-state index is -0.0892. The molecule has 2 fully saturated rings. The normalized spacial score (nSPS) is 18.8. The maximum atomic E-state index is 13.2. The summed E-state index contributed by atoms with van der Waals surface area (Å²) in [4.78, 5) is 19.2. The molecule has 2 aliphatic rings. The summed E-state index contributed by atoms with van der Waals surface area (Å²) in [6.07, 6.45) is 9.37. The highest BCUT2D eigenvalue weighted by Crippen LogP contribution is 2.29. The monoisotopic (exact) mass is 421 g/mol. The van der Waals surface area contributed by atoms with Crippen molar-refractivity contribution in [3.8, 4) is 5.75 Å². The first-order valence-electron chi connectivity index (χ1n) is 11.1. The summed E-state index contributed by atoms with van der Waals surface area (Å²) >= 11 is 0. The second kappa shape index (κ2) is 9.06. The van der Waals surface area contributed by atoms with Gasteiger partial charge in [-0.05, 0) is 43.7 Å². The van der Waals surface area contributed by atoms with Crippen LogP contribution in [0.2, 0.25) is 0 Å². The van der Waals surface area contributed by atoms with Crippen LogP contribution in [0.15, 0.2) is 47.2 Å². The van der Waals surface area contributed by atoms with Gasteiger partial charge in [-0.2, -0.15) is 0 Å². The summed E-state index contributed by atoms with van der Waals surface area (Å²) in [5.41, 5.74) is 0.332. The molecule has 1 saturated carbocycles. The molecule has 3 heterocycles. The molecule has 0 bridgehead atoms. The number of amides is 1. The quantitative estimate of drug-likeness (QED) is 0.542. The molecule has 1 saturated heterocycles. The van der Waals surface area contributed by atoms with Crippen molar-refractivity contribution in [1.82, 2.24) is 15.0 Å². The van der Waals surface area contributed by atoms with E-state index in [9.17, 15) is 4.79 Å². The lowest BCUT2D eigenvalue weighted by Crippen LogP contribution is -2.42. The molecule has 7 nitrogen and oxygen atoms in total. The Bertz CT molecular complexity index is 1030. The van der Waals surface area contributed by atoms with Gasteiger partial charge in [-0.3, -0.25) is 9.78 Å². The van der Waals surface area contributed by atoms with Crippen molar-refractivity contribution in [1.29, 1.82) is 0 Å². The summed E-state index contributed by atoms with van der Waals surface area (Å²) in [7, 11) is 0. The molecule has 1 amide bonds. The van der Waals surface area contributed by atoms with E-state index in [4.69, 9.17) is 14.0 Å². The minimum Gasteiger partial charge on any atom is -0.485 e. The Morgan fingerprint density at radius 3 is 2.90 bits per heavy atom. The molecule has 0 N–H and O–H groups in total. The largest absolute Gasteiger partial charge is 0.485 e. The van der Waals surface area contributed by atoms with E-state index in [-0.39, 0.29) is 18.6 Å². The lowest BCUT2D eigenvalue weighted by molar-refractivity contribution is 0.0440. The molecule has 1 aromatic carbocycles. The minimum absolute atomic E-state index is 0.0892. The van der Waals surface area contributed by atoms with Crippen molar-refractivity contribution in [2.24, 2.45) is 5.92 Å². The third-order valence-corrected chi connectivity index (χ3v) is 6.23. The Hall–Kier alpha value is -2.93. The summed E-state index contributed by atoms with van der Waals surface area (Å²) in [5.74, 6) is 1.76. The third-order valence-electron chi connectivity index (χ3n) is 6.23. The molecule has 0 radical (unpaired) electrons. The molecule has 3 aromatic rings. The average molecular weight is 421 g/mol. The highest BCUT2D eigenvalue weighted by Gasteiger charge is 2.29. The fraction of sp³-hybridized carbons (Fsp3) is 0.458. The molecular formula is C24H27N3O4. The Balaban J connectivity index is 1.26. The molecule has 7 heteroatoms. The van der Waals surface area contributed by atoms with Crippen molar-refractivity contribution < 1.29 is 18.8 Å². The topological polar surface area (TPSA) is 77.7 Å². The fourth-order valence-electron chi connectivity index (χ4n) is 4.27. The second-order valence-electron chi connectivity index (χ2n) is 8.46. The number of pyridine rings is 1. The Morgan fingerprint density at radius 1 is 1.16 bits per heavy atom. The van der Waals surface area contributed by atoms with Crippen LogP contribution in [-0.2, 0) is 11.3 Å². The first-order chi connectivity index (χ1) is 15.3. The van der Waals surface area contributed by atoms with E-state index in [1.165, 1.54) is 19.3 Å². The molecule has 162 valence electrons. The fourth-order valence-corrected chi connectivity index (χ4v) is 4.27. The van der Waals surface area contributed by atoms with Crippen LogP contribution in [0.1, 0.15) is 48.4 Å². The lowest BCUT2D eigenvalue weighted by atomic mass is 9.85. The molecule has 31 heavy (non-hydrogen) atoms. The second-order valence-corrected chi connectivity index (χ2v) is 8.46. The number of hydrogen-bond donors (Lipinski definition) is 0. The van der Waals surface area contributed by atoms with E-state index in [0.717, 1.165) is 42.5 Å². The number of carbonyl (C=O) groups excluding carboxylic acids is 1. The Labute approximate surface area is 181 Å². The van der Waals surface area contributed by atoms with Gasteiger partial charge in [-0.25, -0.2) is 0 Å². The summed E-state index contributed by atoms with van der Waals surface area (Å²) in [6.45, 7) is 2.38. The molecule has 0 spiro atoms. The molecule has 1 aliphatic heterocycles. The number of hydrogen-bond acceptors (Lipinski definition) is 6. The first-order valence-corrected chi connectivity index (χ1v) is 11.1. The number of benzene rings is 1. The van der Waals surface area contributed by atoms with Crippen molar-refractivity contribution in [3.63, 3.8) is 0 Å². The predicted molar refractivity (Wildman–Crippen MR) is 115 cm³/mol. The summed E-state index contributed by atoms with van der Waals surface area (Å²) < 4.78 is 17.1. The number of fused-ring (bicyclic) bond motifs is 1. The Morgan fingerprint density at radius 2 is 2.10 bits per heavy atom. The van der Waals surface area contributed by atoms with Gasteiger partial charge >= 0.3 is 0 Å². The maximum Gasteiger partial charge on any atom is 0.276 e. The van der Waals surface area contributed by atoms with E-state index in [1.54, 1.807) is 18.5 Å². The highest BCUT2D eigenvalue weighted by atomic mass is 16.5. The van der Waals surface area contributed by atoms with Crippen LogP contribution < -0.4 is 4.74 Å². The van der Waals surface area contributed by atoms with Gasteiger partial charge in [0.25, 0.3) is 5.91 Å². The SMILES string of the molecule is O=C(c1cc(COc2cccc3cnccc23)on1)N(CC1CCC1)C[C@H]1CCCO1. The number of ether oxygens (including phenoxy) is 2. The van der Waals surface area contributed by atoms with Crippen LogP contribution in [0.25, 0.3) is 10.8 Å². The van der Waals surface area contributed by atoms with Crippen molar-refractivity contribution in [2.75, 3.05) is 19.7 Å². The van der Waals surface area contributed by atoms with E-state index >= 15 is 0 Å². The van der Waals surface area contributed by atoms with Gasteiger partial charge in [0, 0.05) is 48.9 Å². The maximum absolute atomic E-state index is 13.2. The zero-order valence-corrected chi connectivity index (χ0v) is 17.5. The summed E-state index contributed by atoms with van der Waals surface area (Å²) in [6, 6.07) is 9.44. The number of rotatable bonds is 8. The highest BCUT2D eigenvalue weighted by molar-refractivity contribution is 5.92. The zero-order chi connectivity index (χ0) is 21.0. The zero-order valence-electron chi connectivity index (χ0n) is 17.5. The van der Waals surface area contributed by atoms with Gasteiger partial charge in [0.1, 0.15) is 12.4 Å². The Kier molecular flexibility index (Phi) is 5.84. The van der Waals surface area contributed by atoms with E-state index in [0.29, 0.717) is 23.9 Å². The molecule has 2 aromatic heterocycles. The number of aromatic nitrogens is 2. The van der Waals surface area contributed by atoms with Gasteiger partial charge < -0.3 is 18.9 Å². The lowest BCUT2D eigenvalue weighted by Gasteiger charge is -2.33. The molecule has 0 unspecified atom stereocenters. The van der Waals surface area contributed by atoms with Crippen LogP contribution in [0.4, 0.5) is 0 Å². The third kappa shape index (κ3) is 4.56. The smallest absolute Gasteiger partial charge is 0.276 e. The van der Waals surface area contributed by atoms with Crippen LogP contribution in [-0.4, -0.2) is 46.7 Å². The van der Waals surface area contributed by atoms with Gasteiger partial charge in [-0.15, -0.1) is 0 Å². The molecule has 1 aliphatic carbocycles. The molecule has 1 atom stereocenters. The van der Waals surface area contributed by atoms with Crippen molar-refractivity contribution >= 4 is 16.7 Å². The van der Waals surface area contributed by atoms with Gasteiger partial charge in [-0.1, -0.05) is 23.7 Å². The summed E-state index contributed by atoms with van der Waals surface area (Å²) in [5, 5.41) is 6.03. The van der Waals surface area contributed by atoms with Crippen LogP contribution in [0, 0.1) is 5.92 Å². The van der Waals surface area contributed by atoms with Crippen LogP contribution in [0.3, 0.4) is 0 Å². The predicted octanol–water partition coefficient (Wildman–Crippen LogP) is 4.22. The van der Waals surface area contributed by atoms with Gasteiger partial charge in [0.2, 0.25) is 0 Å². The number of nitrogens with zero attached hydrogens (tertiary/aromatic N) is 3. The van der Waals surface area contributed by atoms with E-state index < -0.39 is 0 Å². The van der Waals surface area contributed by atoms with E-state index in [1.807, 2.05) is 29.2 Å². The standard InChI is InChI=1S/C24H27N3O4/c28-24(27(14-17-4-1-5-17)15-19-7-3-11-29-19)22-12-20(31-26-22)16-30-23-8-2-6-18-13-25-10-9-21(18)23/h2,6,8-10,12-13,17,19H,1,3-5,7,11,14-16H2/t19-/m1/s1. The van der Waals surface area contributed by atoms with E-state index in [2.05, 4.69) is 10.1 Å². The first kappa shape index (κ1) is 20.0. The number of carbonyl (C=O) groups is 1. The van der Waals surface area contributed by atoms with Crippen LogP contribution in [0.5, 0.6) is 5.75 Å².